The van der Waals surface area contributed by atoms with E-state index in [1.807, 2.05) is 60.7 Å². The summed E-state index contributed by atoms with van der Waals surface area (Å²) in [5.74, 6) is -1.75. The SMILES string of the molecule is O=C(NCc1ccccc1)C1N(CCO)C(=O)[C@@H]2[C@H](C(=O)NCc3ccccc3)[C@H]3SC12CC3Br. The Morgan fingerprint density at radius 1 is 1.00 bits per heavy atom. The number of alkyl halides is 1. The number of fused-ring (bicyclic) bond motifs is 1. The number of rotatable bonds is 8. The zero-order valence-corrected chi connectivity index (χ0v) is 21.5. The van der Waals surface area contributed by atoms with Crippen molar-refractivity contribution in [3.63, 3.8) is 0 Å². The summed E-state index contributed by atoms with van der Waals surface area (Å²) in [6.45, 7) is 0.561. The molecular formula is C26H28BrN3O4S. The predicted octanol–water partition coefficient (Wildman–Crippen LogP) is 2.08. The zero-order valence-electron chi connectivity index (χ0n) is 19.1. The topological polar surface area (TPSA) is 98.7 Å². The van der Waals surface area contributed by atoms with Crippen molar-refractivity contribution >= 4 is 45.4 Å². The summed E-state index contributed by atoms with van der Waals surface area (Å²) in [4.78, 5) is 42.2. The van der Waals surface area contributed by atoms with Gasteiger partial charge in [0.05, 0.1) is 23.2 Å². The standard InChI is InChI=1S/C26H28BrN3O4S/c27-18-13-26-20(19(21(18)35-26)23(32)28-14-16-7-3-1-4-8-16)25(34)30(11-12-31)22(26)24(33)29-15-17-9-5-2-6-10-17/h1-10,18-22,31H,11-15H2,(H,28,32)(H,29,33)/t18?,19-,20-,21-,22?,26?/m0/s1. The molecule has 2 bridgehead atoms. The van der Waals surface area contributed by atoms with E-state index in [2.05, 4.69) is 26.6 Å². The highest BCUT2D eigenvalue weighted by molar-refractivity contribution is 9.09. The molecule has 3 unspecified atom stereocenters. The molecule has 7 nitrogen and oxygen atoms in total. The monoisotopic (exact) mass is 557 g/mol. The molecule has 0 aliphatic carbocycles. The molecule has 3 heterocycles. The van der Waals surface area contributed by atoms with Crippen LogP contribution in [0.4, 0.5) is 0 Å². The maximum Gasteiger partial charge on any atom is 0.244 e. The highest BCUT2D eigenvalue weighted by atomic mass is 79.9. The van der Waals surface area contributed by atoms with E-state index in [0.717, 1.165) is 11.1 Å². The van der Waals surface area contributed by atoms with Gasteiger partial charge in [-0.3, -0.25) is 14.4 Å². The van der Waals surface area contributed by atoms with E-state index in [1.165, 1.54) is 4.90 Å². The lowest BCUT2D eigenvalue weighted by atomic mass is 9.70. The van der Waals surface area contributed by atoms with E-state index in [1.54, 1.807) is 11.8 Å². The molecule has 0 radical (unpaired) electrons. The van der Waals surface area contributed by atoms with Crippen LogP contribution in [0.2, 0.25) is 0 Å². The average molecular weight is 558 g/mol. The zero-order chi connectivity index (χ0) is 24.6. The van der Waals surface area contributed by atoms with Gasteiger partial charge in [0.2, 0.25) is 17.7 Å². The molecule has 3 N–H and O–H groups in total. The molecule has 3 aliphatic heterocycles. The fraction of sp³-hybridized carbons (Fsp3) is 0.423. The van der Waals surface area contributed by atoms with Crippen molar-refractivity contribution in [3.8, 4) is 0 Å². The van der Waals surface area contributed by atoms with Gasteiger partial charge >= 0.3 is 0 Å². The third kappa shape index (κ3) is 4.27. The van der Waals surface area contributed by atoms with Gasteiger partial charge < -0.3 is 20.6 Å². The van der Waals surface area contributed by atoms with E-state index in [-0.39, 0.29) is 41.0 Å². The number of thioether (sulfide) groups is 1. The van der Waals surface area contributed by atoms with Crippen LogP contribution in [0.5, 0.6) is 0 Å². The maximum atomic E-state index is 13.7. The third-order valence-corrected chi connectivity index (χ3v) is 10.5. The van der Waals surface area contributed by atoms with E-state index in [0.29, 0.717) is 19.5 Å². The summed E-state index contributed by atoms with van der Waals surface area (Å²) in [5, 5.41) is 15.6. The van der Waals surface area contributed by atoms with Gasteiger partial charge in [-0.1, -0.05) is 76.6 Å². The van der Waals surface area contributed by atoms with Crippen molar-refractivity contribution in [1.29, 1.82) is 0 Å². The highest BCUT2D eigenvalue weighted by Crippen LogP contribution is 2.67. The number of aliphatic hydroxyl groups excluding tert-OH is 1. The van der Waals surface area contributed by atoms with Crippen molar-refractivity contribution in [2.24, 2.45) is 11.8 Å². The summed E-state index contributed by atoms with van der Waals surface area (Å²) in [5.41, 5.74) is 1.95. The number of hydrogen-bond acceptors (Lipinski definition) is 5. The molecule has 184 valence electrons. The van der Waals surface area contributed by atoms with Crippen LogP contribution in [-0.4, -0.2) is 61.7 Å². The van der Waals surface area contributed by atoms with Gasteiger partial charge in [0.1, 0.15) is 6.04 Å². The molecule has 35 heavy (non-hydrogen) atoms. The summed E-state index contributed by atoms with van der Waals surface area (Å²) < 4.78 is -0.708. The number of nitrogens with zero attached hydrogens (tertiary/aromatic N) is 1. The molecular weight excluding hydrogens is 530 g/mol. The molecule has 3 fully saturated rings. The second kappa shape index (κ2) is 9.95. The Labute approximate surface area is 217 Å². The Balaban J connectivity index is 1.39. The van der Waals surface area contributed by atoms with Gasteiger partial charge in [0, 0.05) is 29.7 Å². The fourth-order valence-corrected chi connectivity index (χ4v) is 9.48. The van der Waals surface area contributed by atoms with Crippen molar-refractivity contribution in [3.05, 3.63) is 71.8 Å². The van der Waals surface area contributed by atoms with E-state index < -0.39 is 22.6 Å². The van der Waals surface area contributed by atoms with Crippen molar-refractivity contribution in [2.45, 2.75) is 40.4 Å². The molecule has 3 saturated heterocycles. The molecule has 2 aromatic carbocycles. The Morgan fingerprint density at radius 3 is 2.14 bits per heavy atom. The summed E-state index contributed by atoms with van der Waals surface area (Å²) in [6, 6.07) is 18.5. The Hall–Kier alpha value is -2.36. The van der Waals surface area contributed by atoms with Crippen LogP contribution in [-0.2, 0) is 27.5 Å². The van der Waals surface area contributed by atoms with Gasteiger partial charge in [0.25, 0.3) is 0 Å². The van der Waals surface area contributed by atoms with Gasteiger partial charge in [-0.15, -0.1) is 11.8 Å². The minimum Gasteiger partial charge on any atom is -0.395 e. The quantitative estimate of drug-likeness (QED) is 0.431. The molecule has 2 aromatic rings. The Kier molecular flexibility index (Phi) is 6.92. The number of halogens is 1. The molecule has 0 aromatic heterocycles. The molecule has 0 saturated carbocycles. The first-order chi connectivity index (χ1) is 17.0. The third-order valence-electron chi connectivity index (χ3n) is 7.30. The summed E-state index contributed by atoms with van der Waals surface area (Å²) in [7, 11) is 0. The predicted molar refractivity (Wildman–Crippen MR) is 138 cm³/mol. The number of carbonyl (C=O) groups is 3. The van der Waals surface area contributed by atoms with Crippen molar-refractivity contribution in [2.75, 3.05) is 13.2 Å². The lowest BCUT2D eigenvalue weighted by Crippen LogP contribution is -2.54. The Morgan fingerprint density at radius 2 is 1.57 bits per heavy atom. The first-order valence-corrected chi connectivity index (χ1v) is 13.6. The maximum absolute atomic E-state index is 13.7. The smallest absolute Gasteiger partial charge is 0.244 e. The van der Waals surface area contributed by atoms with Gasteiger partial charge in [-0.05, 0) is 17.5 Å². The van der Waals surface area contributed by atoms with Crippen LogP contribution in [0.3, 0.4) is 0 Å². The number of amides is 3. The first kappa shape index (κ1) is 24.3. The molecule has 1 spiro atoms. The molecule has 3 aliphatic rings. The van der Waals surface area contributed by atoms with E-state index in [9.17, 15) is 19.5 Å². The minimum absolute atomic E-state index is 0.0162. The molecule has 3 amide bonds. The first-order valence-electron chi connectivity index (χ1n) is 11.8. The number of carbonyl (C=O) groups excluding carboxylic acids is 3. The average Bonchev–Trinajstić information content (AvgIpc) is 3.46. The number of nitrogens with one attached hydrogen (secondary N) is 2. The number of likely N-dealkylation sites (tertiary alicyclic amines) is 1. The van der Waals surface area contributed by atoms with Crippen LogP contribution in [0.15, 0.2) is 60.7 Å². The van der Waals surface area contributed by atoms with Crippen LogP contribution in [0.25, 0.3) is 0 Å². The largest absolute Gasteiger partial charge is 0.395 e. The number of hydrogen-bond donors (Lipinski definition) is 3. The Bertz CT molecular complexity index is 1100. The molecule has 6 atom stereocenters. The normalized spacial score (nSPS) is 30.9. The summed E-state index contributed by atoms with van der Waals surface area (Å²) in [6.07, 6.45) is 0.618. The van der Waals surface area contributed by atoms with Crippen LogP contribution >= 0.6 is 27.7 Å². The van der Waals surface area contributed by atoms with Gasteiger partial charge in [-0.2, -0.15) is 0 Å². The second-order valence-corrected chi connectivity index (χ2v) is 12.0. The van der Waals surface area contributed by atoms with Crippen LogP contribution < -0.4 is 10.6 Å². The van der Waals surface area contributed by atoms with E-state index in [4.69, 9.17) is 0 Å². The molecule has 5 rings (SSSR count). The van der Waals surface area contributed by atoms with Crippen molar-refractivity contribution in [1.82, 2.24) is 15.5 Å². The summed E-state index contributed by atoms with van der Waals surface area (Å²) >= 11 is 5.35. The lowest BCUT2D eigenvalue weighted by molar-refractivity contribution is -0.140. The van der Waals surface area contributed by atoms with E-state index >= 15 is 0 Å². The minimum atomic E-state index is -0.738. The lowest BCUT2D eigenvalue weighted by Gasteiger charge is -2.35. The number of β-amino-alcohol motifs (C(OH)–C–C–N with tert-alkyl or cyclic N) is 1. The molecule has 9 heteroatoms. The van der Waals surface area contributed by atoms with Crippen molar-refractivity contribution < 1.29 is 19.5 Å². The highest BCUT2D eigenvalue weighted by Gasteiger charge is 2.75. The fourth-order valence-electron chi connectivity index (χ4n) is 5.86. The van der Waals surface area contributed by atoms with Gasteiger partial charge in [-0.25, -0.2) is 0 Å². The van der Waals surface area contributed by atoms with Crippen LogP contribution in [0, 0.1) is 11.8 Å². The van der Waals surface area contributed by atoms with Gasteiger partial charge in [0.15, 0.2) is 0 Å². The second-order valence-electron chi connectivity index (χ2n) is 9.33. The number of benzene rings is 2. The van der Waals surface area contributed by atoms with Crippen LogP contribution in [0.1, 0.15) is 17.5 Å². The number of aliphatic hydroxyl groups is 1.